The number of nitrogens with two attached hydrogens (primary N) is 1. The van der Waals surface area contributed by atoms with Crippen LogP contribution in [0.5, 0.6) is 5.75 Å². The van der Waals surface area contributed by atoms with Crippen molar-refractivity contribution in [3.05, 3.63) is 48.0 Å². The molecule has 12 nitrogen and oxygen atoms in total. The van der Waals surface area contributed by atoms with Gasteiger partial charge in [0.25, 0.3) is 0 Å². The quantitative estimate of drug-likeness (QED) is 0.227. The van der Waals surface area contributed by atoms with Crippen molar-refractivity contribution in [3.63, 3.8) is 0 Å². The minimum atomic E-state index is -1.13. The molecule has 7 N–H and O–H groups in total. The first-order valence-corrected chi connectivity index (χ1v) is 12.8. The zero-order chi connectivity index (χ0) is 27.8. The second-order valence-corrected chi connectivity index (χ2v) is 9.72. The van der Waals surface area contributed by atoms with E-state index in [-0.39, 0.29) is 24.5 Å². The fourth-order valence-corrected chi connectivity index (χ4v) is 4.51. The first kappa shape index (κ1) is 28.6. The summed E-state index contributed by atoms with van der Waals surface area (Å²) in [5.74, 6) is -2.90. The lowest BCUT2D eigenvalue weighted by Crippen LogP contribution is -2.58. The SMILES string of the molecule is CCC(C)C(NC(=O)C1CCCN1C(=O)C(Cc1ccc(O)cc1)NC(=O)C(N)Cc1cnc[nH]1)C(=O)O. The Balaban J connectivity index is 1.78. The summed E-state index contributed by atoms with van der Waals surface area (Å²) in [6.45, 7) is 3.87. The largest absolute Gasteiger partial charge is 0.508 e. The molecule has 5 unspecified atom stereocenters. The van der Waals surface area contributed by atoms with Crippen LogP contribution in [0.3, 0.4) is 0 Å². The van der Waals surface area contributed by atoms with Crippen LogP contribution in [-0.2, 0) is 32.0 Å². The summed E-state index contributed by atoms with van der Waals surface area (Å²) in [6, 6.07) is 2.34. The van der Waals surface area contributed by atoms with Gasteiger partial charge in [0.2, 0.25) is 17.7 Å². The normalized spacial score (nSPS) is 18.3. The van der Waals surface area contributed by atoms with Gasteiger partial charge in [-0.1, -0.05) is 32.4 Å². The second-order valence-electron chi connectivity index (χ2n) is 9.72. The van der Waals surface area contributed by atoms with Gasteiger partial charge < -0.3 is 36.5 Å². The van der Waals surface area contributed by atoms with Crippen LogP contribution in [0.25, 0.3) is 0 Å². The van der Waals surface area contributed by atoms with E-state index in [9.17, 15) is 29.4 Å². The number of amides is 3. The molecule has 1 aromatic heterocycles. The molecule has 206 valence electrons. The number of carbonyl (C=O) groups excluding carboxylic acids is 3. The standard InChI is InChI=1S/C26H36N6O6/c1-3-15(2)22(26(37)38)31-24(35)21-5-4-10-32(21)25(36)20(11-16-6-8-18(33)9-7-16)30-23(34)19(27)12-17-13-28-14-29-17/h6-9,13-15,19-22,33H,3-5,10-12,27H2,1-2H3,(H,28,29)(H,30,34)(H,31,35)(H,37,38). The fourth-order valence-electron chi connectivity index (χ4n) is 4.51. The third kappa shape index (κ3) is 7.31. The number of imidazole rings is 1. The Morgan fingerprint density at radius 2 is 1.89 bits per heavy atom. The van der Waals surface area contributed by atoms with Crippen molar-refractivity contribution >= 4 is 23.7 Å². The van der Waals surface area contributed by atoms with Crippen LogP contribution in [0, 0.1) is 5.92 Å². The number of benzene rings is 1. The summed E-state index contributed by atoms with van der Waals surface area (Å²) in [5.41, 5.74) is 7.44. The van der Waals surface area contributed by atoms with E-state index in [0.717, 1.165) is 0 Å². The molecule has 0 spiro atoms. The van der Waals surface area contributed by atoms with Gasteiger partial charge in [0.15, 0.2) is 0 Å². The number of rotatable bonds is 12. The number of phenolic OH excluding ortho intramolecular Hbond substituents is 1. The maximum atomic E-state index is 13.7. The summed E-state index contributed by atoms with van der Waals surface area (Å²) in [5, 5.41) is 24.5. The van der Waals surface area contributed by atoms with Crippen molar-refractivity contribution < 1.29 is 29.4 Å². The third-order valence-corrected chi connectivity index (χ3v) is 6.94. The molecule has 3 amide bonds. The molecule has 2 aromatic rings. The number of likely N-dealkylation sites (tertiary alicyclic amines) is 1. The van der Waals surface area contributed by atoms with Gasteiger partial charge in [-0.05, 0) is 36.5 Å². The molecular weight excluding hydrogens is 492 g/mol. The number of carboxylic acids is 1. The monoisotopic (exact) mass is 528 g/mol. The molecule has 12 heteroatoms. The number of nitrogens with zero attached hydrogens (tertiary/aromatic N) is 2. The maximum Gasteiger partial charge on any atom is 0.326 e. The molecule has 1 aliphatic heterocycles. The van der Waals surface area contributed by atoms with Crippen LogP contribution in [-0.4, -0.2) is 79.5 Å². The van der Waals surface area contributed by atoms with Gasteiger partial charge in [0, 0.05) is 31.3 Å². The predicted octanol–water partition coefficient (Wildman–Crippen LogP) is 0.319. The molecule has 0 aliphatic carbocycles. The highest BCUT2D eigenvalue weighted by Crippen LogP contribution is 2.21. The Morgan fingerprint density at radius 1 is 1.18 bits per heavy atom. The van der Waals surface area contributed by atoms with E-state index in [0.29, 0.717) is 37.1 Å². The van der Waals surface area contributed by atoms with Crippen molar-refractivity contribution in [1.29, 1.82) is 0 Å². The molecule has 1 saturated heterocycles. The van der Waals surface area contributed by atoms with Crippen LogP contribution in [0.4, 0.5) is 0 Å². The number of hydrogen-bond donors (Lipinski definition) is 6. The molecule has 1 aromatic carbocycles. The Bertz CT molecular complexity index is 1110. The number of carbonyl (C=O) groups is 4. The Morgan fingerprint density at radius 3 is 2.50 bits per heavy atom. The van der Waals surface area contributed by atoms with E-state index >= 15 is 0 Å². The smallest absolute Gasteiger partial charge is 0.326 e. The Kier molecular flexibility index (Phi) is 9.83. The predicted molar refractivity (Wildman–Crippen MR) is 138 cm³/mol. The first-order valence-electron chi connectivity index (χ1n) is 12.8. The lowest BCUT2D eigenvalue weighted by Gasteiger charge is -2.30. The van der Waals surface area contributed by atoms with Crippen molar-refractivity contribution in [1.82, 2.24) is 25.5 Å². The number of carboxylic acid groups (broad SMARTS) is 1. The molecule has 5 atom stereocenters. The van der Waals surface area contributed by atoms with Crippen LogP contribution >= 0.6 is 0 Å². The van der Waals surface area contributed by atoms with E-state index in [1.54, 1.807) is 25.3 Å². The van der Waals surface area contributed by atoms with Gasteiger partial charge >= 0.3 is 5.97 Å². The van der Waals surface area contributed by atoms with Gasteiger partial charge in [-0.2, -0.15) is 0 Å². The zero-order valence-electron chi connectivity index (χ0n) is 21.6. The van der Waals surface area contributed by atoms with Crippen molar-refractivity contribution in [2.24, 2.45) is 11.7 Å². The average molecular weight is 529 g/mol. The third-order valence-electron chi connectivity index (χ3n) is 6.94. The molecule has 1 fully saturated rings. The van der Waals surface area contributed by atoms with Gasteiger partial charge in [0.05, 0.1) is 12.4 Å². The van der Waals surface area contributed by atoms with Crippen LogP contribution in [0.2, 0.25) is 0 Å². The summed E-state index contributed by atoms with van der Waals surface area (Å²) in [7, 11) is 0. The van der Waals surface area contributed by atoms with Crippen molar-refractivity contribution in [2.75, 3.05) is 6.54 Å². The molecular formula is C26H36N6O6. The van der Waals surface area contributed by atoms with Crippen molar-refractivity contribution in [2.45, 2.75) is 70.1 Å². The molecule has 0 bridgehead atoms. The zero-order valence-corrected chi connectivity index (χ0v) is 21.6. The molecule has 38 heavy (non-hydrogen) atoms. The summed E-state index contributed by atoms with van der Waals surface area (Å²) in [4.78, 5) is 59.7. The van der Waals surface area contributed by atoms with Crippen molar-refractivity contribution in [3.8, 4) is 5.75 Å². The highest BCUT2D eigenvalue weighted by molar-refractivity contribution is 5.94. The Labute approximate surface area is 221 Å². The van der Waals surface area contributed by atoms with E-state index < -0.39 is 47.9 Å². The number of aromatic hydroxyl groups is 1. The lowest BCUT2D eigenvalue weighted by atomic mass is 9.98. The van der Waals surface area contributed by atoms with E-state index in [1.165, 1.54) is 23.4 Å². The van der Waals surface area contributed by atoms with Gasteiger partial charge in [-0.15, -0.1) is 0 Å². The number of hydrogen-bond acceptors (Lipinski definition) is 7. The van der Waals surface area contributed by atoms with Crippen LogP contribution < -0.4 is 16.4 Å². The Hall–Kier alpha value is -3.93. The molecule has 3 rings (SSSR count). The number of nitrogens with one attached hydrogen (secondary N) is 3. The number of aliphatic carboxylic acids is 1. The van der Waals surface area contributed by atoms with E-state index in [1.807, 2.05) is 6.92 Å². The van der Waals surface area contributed by atoms with E-state index in [2.05, 4.69) is 20.6 Å². The van der Waals surface area contributed by atoms with Gasteiger partial charge in [-0.25, -0.2) is 9.78 Å². The van der Waals surface area contributed by atoms with Gasteiger partial charge in [-0.3, -0.25) is 14.4 Å². The summed E-state index contributed by atoms with van der Waals surface area (Å²) in [6.07, 6.45) is 4.83. The fraction of sp³-hybridized carbons (Fsp3) is 0.500. The summed E-state index contributed by atoms with van der Waals surface area (Å²) >= 11 is 0. The molecule has 1 aliphatic rings. The molecule has 0 saturated carbocycles. The number of phenols is 1. The molecule has 2 heterocycles. The maximum absolute atomic E-state index is 13.7. The molecule has 0 radical (unpaired) electrons. The van der Waals surface area contributed by atoms with E-state index in [4.69, 9.17) is 5.73 Å². The number of aromatic nitrogens is 2. The number of aromatic amines is 1. The topological polar surface area (TPSA) is 191 Å². The second kappa shape index (κ2) is 13.0. The van der Waals surface area contributed by atoms with Crippen LogP contribution in [0.1, 0.15) is 44.4 Å². The lowest BCUT2D eigenvalue weighted by molar-refractivity contribution is -0.146. The minimum Gasteiger partial charge on any atom is -0.508 e. The first-order chi connectivity index (χ1) is 18.1. The number of H-pyrrole nitrogens is 1. The van der Waals surface area contributed by atoms with Gasteiger partial charge in [0.1, 0.15) is 23.9 Å². The summed E-state index contributed by atoms with van der Waals surface area (Å²) < 4.78 is 0. The highest BCUT2D eigenvalue weighted by atomic mass is 16.4. The minimum absolute atomic E-state index is 0.0628. The average Bonchev–Trinajstić information content (AvgIpc) is 3.59. The van der Waals surface area contributed by atoms with Crippen LogP contribution in [0.15, 0.2) is 36.8 Å². The highest BCUT2D eigenvalue weighted by Gasteiger charge is 2.39.